The normalized spacial score (nSPS) is 9.68. The van der Waals surface area contributed by atoms with Gasteiger partial charge in [-0.1, -0.05) is 0 Å². The van der Waals surface area contributed by atoms with Gasteiger partial charge in [0.2, 0.25) is 0 Å². The van der Waals surface area contributed by atoms with Gasteiger partial charge < -0.3 is 14.2 Å². The van der Waals surface area contributed by atoms with Crippen molar-refractivity contribution in [3.05, 3.63) is 53.6 Å². The van der Waals surface area contributed by atoms with Gasteiger partial charge in [-0.05, 0) is 42.5 Å². The van der Waals surface area contributed by atoms with E-state index in [0.29, 0.717) is 28.4 Å². The summed E-state index contributed by atoms with van der Waals surface area (Å²) in [6.45, 7) is -0.0958. The third-order valence-electron chi connectivity index (χ3n) is 3.06. The second-order valence-electron chi connectivity index (χ2n) is 4.42. The van der Waals surface area contributed by atoms with E-state index in [1.54, 1.807) is 42.5 Å². The van der Waals surface area contributed by atoms with E-state index in [0.717, 1.165) is 0 Å². The Morgan fingerprint density at radius 1 is 1.05 bits per heavy atom. The first-order valence-corrected chi connectivity index (χ1v) is 6.56. The van der Waals surface area contributed by atoms with E-state index < -0.39 is 0 Å². The van der Waals surface area contributed by atoms with E-state index >= 15 is 0 Å². The van der Waals surface area contributed by atoms with Crippen LogP contribution >= 0.6 is 0 Å². The SMILES string of the molecule is COc1ccc(C(=O)COc2ccc(C#N)cc2)cc1OC. The van der Waals surface area contributed by atoms with E-state index in [4.69, 9.17) is 19.5 Å². The molecule has 2 aromatic rings. The van der Waals surface area contributed by atoms with Crippen LogP contribution in [0.1, 0.15) is 15.9 Å². The van der Waals surface area contributed by atoms with E-state index in [1.807, 2.05) is 6.07 Å². The van der Waals surface area contributed by atoms with Crippen molar-refractivity contribution in [1.82, 2.24) is 0 Å². The molecule has 0 heterocycles. The number of hydrogen-bond donors (Lipinski definition) is 0. The zero-order valence-corrected chi connectivity index (χ0v) is 12.3. The van der Waals surface area contributed by atoms with Gasteiger partial charge in [-0.15, -0.1) is 0 Å². The number of methoxy groups -OCH3 is 2. The van der Waals surface area contributed by atoms with Crippen molar-refractivity contribution in [1.29, 1.82) is 5.26 Å². The maximum atomic E-state index is 12.1. The number of carbonyl (C=O) groups excluding carboxylic acids is 1. The quantitative estimate of drug-likeness (QED) is 0.767. The number of ketones is 1. The molecule has 0 atom stereocenters. The topological polar surface area (TPSA) is 68.5 Å². The van der Waals surface area contributed by atoms with Gasteiger partial charge in [-0.25, -0.2) is 0 Å². The van der Waals surface area contributed by atoms with Gasteiger partial charge in [0, 0.05) is 5.56 Å². The van der Waals surface area contributed by atoms with Gasteiger partial charge in [-0.3, -0.25) is 4.79 Å². The summed E-state index contributed by atoms with van der Waals surface area (Å²) in [4.78, 5) is 12.1. The first-order valence-electron chi connectivity index (χ1n) is 6.56. The maximum absolute atomic E-state index is 12.1. The lowest BCUT2D eigenvalue weighted by Crippen LogP contribution is -2.11. The lowest BCUT2D eigenvalue weighted by atomic mass is 10.1. The van der Waals surface area contributed by atoms with Crippen LogP contribution in [0, 0.1) is 11.3 Å². The van der Waals surface area contributed by atoms with Crippen molar-refractivity contribution < 1.29 is 19.0 Å². The van der Waals surface area contributed by atoms with Crippen LogP contribution in [0.15, 0.2) is 42.5 Å². The number of carbonyl (C=O) groups is 1. The van der Waals surface area contributed by atoms with Crippen LogP contribution in [0.5, 0.6) is 17.2 Å². The van der Waals surface area contributed by atoms with Gasteiger partial charge in [0.25, 0.3) is 0 Å². The van der Waals surface area contributed by atoms with Crippen molar-refractivity contribution >= 4 is 5.78 Å². The van der Waals surface area contributed by atoms with Crippen LogP contribution in [-0.4, -0.2) is 26.6 Å². The Labute approximate surface area is 128 Å². The summed E-state index contributed by atoms with van der Waals surface area (Å²) in [7, 11) is 3.05. The van der Waals surface area contributed by atoms with Gasteiger partial charge in [0.15, 0.2) is 23.9 Å². The second-order valence-corrected chi connectivity index (χ2v) is 4.42. The van der Waals surface area contributed by atoms with Gasteiger partial charge >= 0.3 is 0 Å². The third-order valence-corrected chi connectivity index (χ3v) is 3.06. The molecule has 0 radical (unpaired) electrons. The molecule has 22 heavy (non-hydrogen) atoms. The lowest BCUT2D eigenvalue weighted by Gasteiger charge is -2.09. The molecule has 0 bridgehead atoms. The number of Topliss-reactive ketones (excluding diaryl/α,β-unsaturated/α-hetero) is 1. The predicted molar refractivity (Wildman–Crippen MR) is 80.5 cm³/mol. The average Bonchev–Trinajstić information content (AvgIpc) is 2.59. The van der Waals surface area contributed by atoms with Crippen LogP contribution in [0.25, 0.3) is 0 Å². The lowest BCUT2D eigenvalue weighted by molar-refractivity contribution is 0.0921. The van der Waals surface area contributed by atoms with E-state index in [1.165, 1.54) is 14.2 Å². The molecular weight excluding hydrogens is 282 g/mol. The molecule has 0 aliphatic rings. The number of ether oxygens (including phenoxy) is 3. The van der Waals surface area contributed by atoms with E-state index in [9.17, 15) is 4.79 Å². The molecule has 0 fully saturated rings. The van der Waals surface area contributed by atoms with Crippen LogP contribution in [0.4, 0.5) is 0 Å². The van der Waals surface area contributed by atoms with Crippen LogP contribution < -0.4 is 14.2 Å². The highest BCUT2D eigenvalue weighted by atomic mass is 16.5. The van der Waals surface area contributed by atoms with Gasteiger partial charge in [0.05, 0.1) is 25.9 Å². The molecule has 0 saturated carbocycles. The molecule has 0 saturated heterocycles. The van der Waals surface area contributed by atoms with Crippen molar-refractivity contribution in [2.45, 2.75) is 0 Å². The molecule has 0 spiro atoms. The zero-order valence-electron chi connectivity index (χ0n) is 12.3. The summed E-state index contributed by atoms with van der Waals surface area (Å²) < 4.78 is 15.7. The van der Waals surface area contributed by atoms with Gasteiger partial charge in [-0.2, -0.15) is 5.26 Å². The fourth-order valence-corrected chi connectivity index (χ4v) is 1.87. The van der Waals surface area contributed by atoms with Crippen LogP contribution in [-0.2, 0) is 0 Å². The Morgan fingerprint density at radius 2 is 1.73 bits per heavy atom. The minimum Gasteiger partial charge on any atom is -0.493 e. The largest absolute Gasteiger partial charge is 0.493 e. The molecule has 0 amide bonds. The Morgan fingerprint density at radius 3 is 2.32 bits per heavy atom. The highest BCUT2D eigenvalue weighted by Crippen LogP contribution is 2.27. The smallest absolute Gasteiger partial charge is 0.200 e. The summed E-state index contributed by atoms with van der Waals surface area (Å²) in [5.41, 5.74) is 1.02. The van der Waals surface area contributed by atoms with E-state index in [2.05, 4.69) is 0 Å². The molecule has 5 heteroatoms. The first-order chi connectivity index (χ1) is 10.7. The minimum absolute atomic E-state index is 0.0958. The maximum Gasteiger partial charge on any atom is 0.200 e. The summed E-state index contributed by atoms with van der Waals surface area (Å²) in [6, 6.07) is 13.5. The monoisotopic (exact) mass is 297 g/mol. The van der Waals surface area contributed by atoms with Crippen LogP contribution in [0.2, 0.25) is 0 Å². The van der Waals surface area contributed by atoms with Crippen LogP contribution in [0.3, 0.4) is 0 Å². The number of benzene rings is 2. The third kappa shape index (κ3) is 3.55. The predicted octanol–water partition coefficient (Wildman–Crippen LogP) is 2.84. The summed E-state index contributed by atoms with van der Waals surface area (Å²) >= 11 is 0. The van der Waals surface area contributed by atoms with Crippen molar-refractivity contribution in [3.8, 4) is 23.3 Å². The number of nitrogens with zero attached hydrogens (tertiary/aromatic N) is 1. The number of rotatable bonds is 6. The molecule has 0 aromatic heterocycles. The summed E-state index contributed by atoms with van der Waals surface area (Å²) in [5.74, 6) is 1.41. The molecule has 0 aliphatic carbocycles. The second kappa shape index (κ2) is 7.14. The Bertz CT molecular complexity index is 702. The number of hydrogen-bond acceptors (Lipinski definition) is 5. The molecule has 2 rings (SSSR count). The molecule has 0 aliphatic heterocycles. The molecular formula is C17H15NO4. The molecule has 5 nitrogen and oxygen atoms in total. The summed E-state index contributed by atoms with van der Waals surface area (Å²) in [6.07, 6.45) is 0. The van der Waals surface area contributed by atoms with Gasteiger partial charge in [0.1, 0.15) is 5.75 Å². The minimum atomic E-state index is -0.176. The zero-order chi connectivity index (χ0) is 15.9. The fourth-order valence-electron chi connectivity index (χ4n) is 1.87. The first kappa shape index (κ1) is 15.4. The average molecular weight is 297 g/mol. The van der Waals surface area contributed by atoms with Crippen molar-refractivity contribution in [2.24, 2.45) is 0 Å². The molecule has 2 aromatic carbocycles. The molecule has 0 N–H and O–H groups in total. The summed E-state index contributed by atoms with van der Waals surface area (Å²) in [5, 5.41) is 8.72. The Kier molecular flexibility index (Phi) is 4.99. The highest BCUT2D eigenvalue weighted by Gasteiger charge is 2.11. The van der Waals surface area contributed by atoms with E-state index in [-0.39, 0.29) is 12.4 Å². The Balaban J connectivity index is 2.04. The molecule has 0 unspecified atom stereocenters. The van der Waals surface area contributed by atoms with Crippen molar-refractivity contribution in [3.63, 3.8) is 0 Å². The standard InChI is InChI=1S/C17H15NO4/c1-20-16-8-5-13(9-17(16)21-2)15(19)11-22-14-6-3-12(10-18)4-7-14/h3-9H,11H2,1-2H3. The van der Waals surface area contributed by atoms with Crippen molar-refractivity contribution in [2.75, 3.05) is 20.8 Å². The number of nitriles is 1. The highest BCUT2D eigenvalue weighted by molar-refractivity contribution is 5.97. The fraction of sp³-hybridized carbons (Fsp3) is 0.176. The Hall–Kier alpha value is -3.00. The molecule has 112 valence electrons.